The van der Waals surface area contributed by atoms with Crippen LogP contribution in [0.15, 0.2) is 0 Å². The molecule has 1 heterocycles. The number of nitrogens with one attached hydrogen (secondary N) is 2. The summed E-state index contributed by atoms with van der Waals surface area (Å²) in [6.45, 7) is 8.39. The molecule has 2 atom stereocenters. The molecule has 0 saturated heterocycles. The van der Waals surface area contributed by atoms with Crippen LogP contribution in [0.25, 0.3) is 0 Å². The Balaban J connectivity index is 2.24. The lowest BCUT2D eigenvalue weighted by Crippen LogP contribution is -2.16. The highest BCUT2D eigenvalue weighted by molar-refractivity contribution is 5.57. The Morgan fingerprint density at radius 2 is 2.00 bits per heavy atom. The average molecular weight is 249 g/mol. The molecule has 1 saturated carbocycles. The van der Waals surface area contributed by atoms with E-state index in [0.29, 0.717) is 17.8 Å². The summed E-state index contributed by atoms with van der Waals surface area (Å²) in [5, 5.41) is 3.51. The summed E-state index contributed by atoms with van der Waals surface area (Å²) < 4.78 is 0. The van der Waals surface area contributed by atoms with Crippen molar-refractivity contribution in [2.24, 2.45) is 11.8 Å². The second kappa shape index (κ2) is 5.10. The van der Waals surface area contributed by atoms with Crippen LogP contribution in [0.2, 0.25) is 0 Å². The lowest BCUT2D eigenvalue weighted by atomic mass is 10.2. The lowest BCUT2D eigenvalue weighted by Gasteiger charge is -2.15. The van der Waals surface area contributed by atoms with E-state index in [-0.39, 0.29) is 0 Å². The Hall–Kier alpha value is -1.36. The van der Waals surface area contributed by atoms with Gasteiger partial charge in [-0.05, 0) is 19.3 Å². The first-order chi connectivity index (χ1) is 8.56. The number of rotatable bonds is 5. The first-order valence-corrected chi connectivity index (χ1v) is 6.68. The molecule has 0 radical (unpaired) electrons. The van der Waals surface area contributed by atoms with E-state index in [1.54, 1.807) is 0 Å². The Kier molecular flexibility index (Phi) is 3.71. The molecule has 0 bridgehead atoms. The van der Waals surface area contributed by atoms with Crippen molar-refractivity contribution in [2.45, 2.75) is 52.5 Å². The highest BCUT2D eigenvalue weighted by Crippen LogP contribution is 2.37. The molecule has 1 aliphatic rings. The maximum Gasteiger partial charge on any atom is 0.148 e. The Morgan fingerprint density at radius 1 is 1.33 bits per heavy atom. The normalized spacial score (nSPS) is 22.1. The molecule has 0 amide bonds. The van der Waals surface area contributed by atoms with Gasteiger partial charge < -0.3 is 10.7 Å². The first kappa shape index (κ1) is 13.1. The summed E-state index contributed by atoms with van der Waals surface area (Å²) in [5.74, 6) is 9.06. The average Bonchev–Trinajstić information content (AvgIpc) is 3.10. The Bertz CT molecular complexity index is 430. The predicted molar refractivity (Wildman–Crippen MR) is 74.5 cm³/mol. The lowest BCUT2D eigenvalue weighted by molar-refractivity contribution is 0.758. The zero-order valence-corrected chi connectivity index (χ0v) is 11.6. The third kappa shape index (κ3) is 2.56. The number of aromatic nitrogens is 2. The summed E-state index contributed by atoms with van der Waals surface area (Å²) in [6.07, 6.45) is 2.46. The van der Waals surface area contributed by atoms with Gasteiger partial charge in [-0.25, -0.2) is 15.8 Å². The minimum absolute atomic E-state index is 0.291. The van der Waals surface area contributed by atoms with Gasteiger partial charge in [0.15, 0.2) is 0 Å². The number of hydrazine groups is 1. The zero-order chi connectivity index (χ0) is 13.3. The molecule has 100 valence electrons. The summed E-state index contributed by atoms with van der Waals surface area (Å²) >= 11 is 0. The molecule has 5 nitrogen and oxygen atoms in total. The van der Waals surface area contributed by atoms with Gasteiger partial charge in [0.05, 0.1) is 0 Å². The molecule has 1 aromatic heterocycles. The van der Waals surface area contributed by atoms with Crippen LogP contribution in [0.5, 0.6) is 0 Å². The molecule has 5 heteroatoms. The van der Waals surface area contributed by atoms with E-state index in [1.807, 2.05) is 6.92 Å². The maximum atomic E-state index is 5.52. The zero-order valence-electron chi connectivity index (χ0n) is 11.6. The molecule has 2 unspecified atom stereocenters. The minimum Gasteiger partial charge on any atom is -0.367 e. The SMILES string of the molecule is CCC1CC1Nc1nc(C(C)C)nc(NN)c1C. The quantitative estimate of drug-likeness (QED) is 0.552. The largest absolute Gasteiger partial charge is 0.367 e. The van der Waals surface area contributed by atoms with Crippen molar-refractivity contribution in [2.75, 3.05) is 10.7 Å². The van der Waals surface area contributed by atoms with E-state index in [2.05, 4.69) is 41.5 Å². The van der Waals surface area contributed by atoms with Crippen LogP contribution in [0.4, 0.5) is 11.6 Å². The Labute approximate surface area is 109 Å². The summed E-state index contributed by atoms with van der Waals surface area (Å²) in [7, 11) is 0. The highest BCUT2D eigenvalue weighted by Gasteiger charge is 2.36. The predicted octanol–water partition coefficient (Wildman–Crippen LogP) is 2.40. The number of nitrogens with zero attached hydrogens (tertiary/aromatic N) is 2. The van der Waals surface area contributed by atoms with Gasteiger partial charge >= 0.3 is 0 Å². The molecule has 0 aromatic carbocycles. The summed E-state index contributed by atoms with van der Waals surface area (Å²) in [4.78, 5) is 9.04. The van der Waals surface area contributed by atoms with E-state index in [1.165, 1.54) is 12.8 Å². The molecular weight excluding hydrogens is 226 g/mol. The topological polar surface area (TPSA) is 75.9 Å². The van der Waals surface area contributed by atoms with Crippen LogP contribution in [-0.2, 0) is 0 Å². The van der Waals surface area contributed by atoms with Crippen LogP contribution in [0, 0.1) is 12.8 Å². The smallest absolute Gasteiger partial charge is 0.148 e. The molecular formula is C13H23N5. The van der Waals surface area contributed by atoms with Crippen molar-refractivity contribution >= 4 is 11.6 Å². The fraction of sp³-hybridized carbons (Fsp3) is 0.692. The monoisotopic (exact) mass is 249 g/mol. The second-order valence-corrected chi connectivity index (χ2v) is 5.36. The standard InChI is InChI=1S/C13H23N5/c1-5-9-6-10(9)15-12-8(4)13(18-14)17-11(16-12)7(2)3/h7,9-10H,5-6,14H2,1-4H3,(H2,15,16,17,18). The van der Waals surface area contributed by atoms with Gasteiger partial charge in [0.2, 0.25) is 0 Å². The van der Waals surface area contributed by atoms with Crippen molar-refractivity contribution in [3.05, 3.63) is 11.4 Å². The van der Waals surface area contributed by atoms with Gasteiger partial charge in [-0.3, -0.25) is 0 Å². The fourth-order valence-electron chi connectivity index (χ4n) is 2.12. The molecule has 0 aliphatic heterocycles. The third-order valence-electron chi connectivity index (χ3n) is 3.59. The highest BCUT2D eigenvalue weighted by atomic mass is 15.3. The van der Waals surface area contributed by atoms with Crippen LogP contribution >= 0.6 is 0 Å². The molecule has 4 N–H and O–H groups in total. The van der Waals surface area contributed by atoms with E-state index < -0.39 is 0 Å². The van der Waals surface area contributed by atoms with Crippen molar-refractivity contribution in [3.63, 3.8) is 0 Å². The Morgan fingerprint density at radius 3 is 2.50 bits per heavy atom. The van der Waals surface area contributed by atoms with Gasteiger partial charge in [-0.2, -0.15) is 0 Å². The van der Waals surface area contributed by atoms with Crippen LogP contribution in [0.1, 0.15) is 50.9 Å². The van der Waals surface area contributed by atoms with E-state index in [4.69, 9.17) is 5.84 Å². The number of nitrogen functional groups attached to an aromatic ring is 1. The number of hydrogen-bond donors (Lipinski definition) is 3. The fourth-order valence-corrected chi connectivity index (χ4v) is 2.12. The molecule has 0 spiro atoms. The molecule has 2 rings (SSSR count). The molecule has 18 heavy (non-hydrogen) atoms. The maximum absolute atomic E-state index is 5.52. The number of nitrogens with two attached hydrogens (primary N) is 1. The first-order valence-electron chi connectivity index (χ1n) is 6.68. The van der Waals surface area contributed by atoms with Crippen molar-refractivity contribution in [3.8, 4) is 0 Å². The third-order valence-corrected chi connectivity index (χ3v) is 3.59. The van der Waals surface area contributed by atoms with Gasteiger partial charge in [0.1, 0.15) is 17.5 Å². The van der Waals surface area contributed by atoms with Crippen LogP contribution in [0.3, 0.4) is 0 Å². The van der Waals surface area contributed by atoms with Crippen LogP contribution < -0.4 is 16.6 Å². The van der Waals surface area contributed by atoms with Gasteiger partial charge in [0.25, 0.3) is 0 Å². The van der Waals surface area contributed by atoms with E-state index in [9.17, 15) is 0 Å². The van der Waals surface area contributed by atoms with Gasteiger partial charge in [-0.1, -0.05) is 27.2 Å². The second-order valence-electron chi connectivity index (χ2n) is 5.36. The summed E-state index contributed by atoms with van der Waals surface area (Å²) in [5.41, 5.74) is 3.65. The van der Waals surface area contributed by atoms with Crippen molar-refractivity contribution in [1.29, 1.82) is 0 Å². The summed E-state index contributed by atoms with van der Waals surface area (Å²) in [6, 6.07) is 0.564. The number of hydrogen-bond acceptors (Lipinski definition) is 5. The van der Waals surface area contributed by atoms with E-state index >= 15 is 0 Å². The van der Waals surface area contributed by atoms with Gasteiger partial charge in [-0.15, -0.1) is 0 Å². The minimum atomic E-state index is 0.291. The van der Waals surface area contributed by atoms with E-state index in [0.717, 1.165) is 23.1 Å². The molecule has 1 aliphatic carbocycles. The van der Waals surface area contributed by atoms with Crippen molar-refractivity contribution < 1.29 is 0 Å². The molecule has 1 fully saturated rings. The van der Waals surface area contributed by atoms with Crippen molar-refractivity contribution in [1.82, 2.24) is 9.97 Å². The molecule has 1 aromatic rings. The number of anilines is 2. The van der Waals surface area contributed by atoms with Crippen LogP contribution in [-0.4, -0.2) is 16.0 Å². The van der Waals surface area contributed by atoms with Gasteiger partial charge in [0, 0.05) is 17.5 Å².